The van der Waals surface area contributed by atoms with Crippen LogP contribution in [-0.2, 0) is 12.8 Å². The van der Waals surface area contributed by atoms with Crippen LogP contribution in [0.15, 0.2) is 12.3 Å². The fourth-order valence-electron chi connectivity index (χ4n) is 2.73. The number of imidazole rings is 1. The molecule has 0 aliphatic carbocycles. The summed E-state index contributed by atoms with van der Waals surface area (Å²) >= 11 is 5.00. The minimum absolute atomic E-state index is 0. The summed E-state index contributed by atoms with van der Waals surface area (Å²) in [5.74, 6) is -1.11. The molecular weight excluding hydrogens is 332 g/mol. The van der Waals surface area contributed by atoms with Gasteiger partial charge in [-0.2, -0.15) is 0 Å². The van der Waals surface area contributed by atoms with Gasteiger partial charge in [0.2, 0.25) is 0 Å². The number of hydrogen-bond donors (Lipinski definition) is 3. The quantitative estimate of drug-likeness (QED) is 0.748. The van der Waals surface area contributed by atoms with Crippen molar-refractivity contribution in [3.05, 3.63) is 45.5 Å². The molecule has 120 valence electrons. The maximum Gasteiger partial charge on any atom is 0.174 e. The molecule has 2 heterocycles. The number of nitrogens with two attached hydrogens (primary N) is 1. The van der Waals surface area contributed by atoms with Gasteiger partial charge in [-0.1, -0.05) is 0 Å². The molecule has 0 saturated carbocycles. The molecule has 0 unspecified atom stereocenters. The smallest absolute Gasteiger partial charge is 0.174 e. The van der Waals surface area contributed by atoms with E-state index in [4.69, 9.17) is 22.7 Å². The van der Waals surface area contributed by atoms with Crippen LogP contribution in [0.3, 0.4) is 0 Å². The summed E-state index contributed by atoms with van der Waals surface area (Å²) in [5.41, 5.74) is 7.40. The van der Waals surface area contributed by atoms with Crippen LogP contribution in [0.5, 0.6) is 5.75 Å². The fraction of sp³-hybridized carbons (Fsp3) is 0.357. The van der Waals surface area contributed by atoms with Crippen LogP contribution in [0.25, 0.3) is 0 Å². The van der Waals surface area contributed by atoms with Crippen LogP contribution in [-0.4, -0.2) is 23.1 Å². The van der Waals surface area contributed by atoms with Crippen molar-refractivity contribution in [2.24, 2.45) is 5.73 Å². The van der Waals surface area contributed by atoms with Gasteiger partial charge in [0.1, 0.15) is 5.82 Å². The second kappa shape index (κ2) is 6.76. The lowest BCUT2D eigenvalue weighted by molar-refractivity contribution is 0.245. The predicted molar refractivity (Wildman–Crippen MR) is 84.3 cm³/mol. The normalized spacial score (nSPS) is 16.6. The molecule has 4 N–H and O–H groups in total. The van der Waals surface area contributed by atoms with Gasteiger partial charge in [-0.3, -0.25) is 0 Å². The number of rotatable bonds is 3. The first kappa shape index (κ1) is 16.9. The number of fused-ring (bicyclic) bond motifs is 1. The number of ether oxygens (including phenoxy) is 1. The van der Waals surface area contributed by atoms with Gasteiger partial charge in [0.05, 0.1) is 6.61 Å². The van der Waals surface area contributed by atoms with E-state index in [0.717, 1.165) is 11.8 Å². The van der Waals surface area contributed by atoms with Crippen molar-refractivity contribution in [2.75, 3.05) is 13.2 Å². The predicted octanol–water partition coefficient (Wildman–Crippen LogP) is 2.99. The third-order valence-corrected chi connectivity index (χ3v) is 3.95. The van der Waals surface area contributed by atoms with Crippen molar-refractivity contribution in [2.45, 2.75) is 18.8 Å². The molecule has 1 aromatic carbocycles. The molecule has 1 aliphatic rings. The van der Waals surface area contributed by atoms with E-state index >= 15 is 0 Å². The van der Waals surface area contributed by atoms with Crippen molar-refractivity contribution < 1.29 is 13.5 Å². The van der Waals surface area contributed by atoms with Crippen LogP contribution < -0.4 is 10.5 Å². The minimum Gasteiger partial charge on any atom is -0.490 e. The van der Waals surface area contributed by atoms with E-state index in [9.17, 15) is 8.78 Å². The number of benzene rings is 1. The van der Waals surface area contributed by atoms with E-state index < -0.39 is 11.6 Å². The average Bonchev–Trinajstić information content (AvgIpc) is 2.89. The van der Waals surface area contributed by atoms with Crippen LogP contribution in [0.4, 0.5) is 8.78 Å². The first-order chi connectivity index (χ1) is 10.1. The van der Waals surface area contributed by atoms with Crippen LogP contribution in [0.2, 0.25) is 0 Å². The van der Waals surface area contributed by atoms with E-state index in [-0.39, 0.29) is 24.1 Å². The summed E-state index contributed by atoms with van der Waals surface area (Å²) in [6.07, 6.45) is 2.61. The summed E-state index contributed by atoms with van der Waals surface area (Å²) in [4.78, 5) is 5.91. The Bertz CT molecular complexity index is 731. The third-order valence-electron chi connectivity index (χ3n) is 3.73. The Hall–Kier alpha value is -1.44. The lowest BCUT2D eigenvalue weighted by atomic mass is 9.89. The number of halogens is 3. The van der Waals surface area contributed by atoms with E-state index in [1.165, 1.54) is 0 Å². The van der Waals surface area contributed by atoms with Gasteiger partial charge in [-0.05, 0) is 37.2 Å². The molecule has 22 heavy (non-hydrogen) atoms. The van der Waals surface area contributed by atoms with Crippen LogP contribution in [0.1, 0.15) is 22.7 Å². The number of aromatic nitrogens is 2. The molecule has 0 spiro atoms. The van der Waals surface area contributed by atoms with Crippen molar-refractivity contribution in [1.29, 1.82) is 0 Å². The molecule has 1 aromatic heterocycles. The molecule has 0 bridgehead atoms. The van der Waals surface area contributed by atoms with E-state index in [1.807, 2.05) is 0 Å². The second-order valence-electron chi connectivity index (χ2n) is 5.08. The van der Waals surface area contributed by atoms with Crippen LogP contribution >= 0.6 is 24.6 Å². The van der Waals surface area contributed by atoms with Gasteiger partial charge in [0, 0.05) is 29.4 Å². The molecule has 0 amide bonds. The zero-order chi connectivity index (χ0) is 15.0. The number of nitrogens with one attached hydrogen (secondary N) is 2. The molecule has 0 radical (unpaired) electrons. The molecule has 0 saturated heterocycles. The van der Waals surface area contributed by atoms with E-state index in [1.54, 1.807) is 6.20 Å². The highest BCUT2D eigenvalue weighted by molar-refractivity contribution is 7.71. The van der Waals surface area contributed by atoms with Gasteiger partial charge in [-0.25, -0.2) is 8.78 Å². The Morgan fingerprint density at radius 1 is 1.36 bits per heavy atom. The van der Waals surface area contributed by atoms with E-state index in [2.05, 4.69) is 9.97 Å². The Kier molecular flexibility index (Phi) is 5.20. The molecule has 1 atom stereocenters. The largest absolute Gasteiger partial charge is 0.490 e. The lowest BCUT2D eigenvalue weighted by Gasteiger charge is -2.27. The minimum atomic E-state index is -0.663. The second-order valence-corrected chi connectivity index (χ2v) is 5.48. The molecule has 0 fully saturated rings. The number of hydrogen-bond acceptors (Lipinski definition) is 3. The monoisotopic (exact) mass is 347 g/mol. The Labute approximate surface area is 137 Å². The molecule has 4 nitrogen and oxygen atoms in total. The first-order valence-corrected chi connectivity index (χ1v) is 7.11. The SMILES string of the molecule is Cl.NCCc1c(F)cc(F)c2c1C[C@@H](c1c[nH]c(=S)[nH]1)CO2. The average molecular weight is 348 g/mol. The van der Waals surface area contributed by atoms with Gasteiger partial charge >= 0.3 is 0 Å². The van der Waals surface area contributed by atoms with Gasteiger partial charge in [0.25, 0.3) is 0 Å². The highest BCUT2D eigenvalue weighted by atomic mass is 35.5. The van der Waals surface area contributed by atoms with Gasteiger partial charge < -0.3 is 20.4 Å². The summed E-state index contributed by atoms with van der Waals surface area (Å²) in [5, 5.41) is 0. The van der Waals surface area contributed by atoms with Gasteiger partial charge in [0.15, 0.2) is 16.3 Å². The maximum atomic E-state index is 14.0. The Balaban J connectivity index is 0.00000176. The number of aromatic amines is 2. The fourth-order valence-corrected chi connectivity index (χ4v) is 2.91. The maximum absolute atomic E-state index is 14.0. The summed E-state index contributed by atoms with van der Waals surface area (Å²) in [6, 6.07) is 0.869. The van der Waals surface area contributed by atoms with Crippen molar-refractivity contribution in [1.82, 2.24) is 9.97 Å². The lowest BCUT2D eigenvalue weighted by Crippen LogP contribution is -2.23. The number of H-pyrrole nitrogens is 2. The van der Waals surface area contributed by atoms with Gasteiger partial charge in [-0.15, -0.1) is 12.4 Å². The summed E-state index contributed by atoms with van der Waals surface area (Å²) in [7, 11) is 0. The molecule has 2 aromatic rings. The zero-order valence-electron chi connectivity index (χ0n) is 11.6. The Morgan fingerprint density at radius 2 is 2.14 bits per heavy atom. The standard InChI is InChI=1S/C14H15F2N3OS.ClH/c15-10-4-11(16)13-9(8(10)1-2-17)3-7(6-20-13)12-5-18-14(21)19-12;/h4-5,7H,1-3,6,17H2,(H2,18,19,21);1H/t7-;/m1./s1. The molecule has 8 heteroatoms. The van der Waals surface area contributed by atoms with Crippen molar-refractivity contribution >= 4 is 24.6 Å². The van der Waals surface area contributed by atoms with E-state index in [0.29, 0.717) is 41.9 Å². The topological polar surface area (TPSA) is 66.8 Å². The Morgan fingerprint density at radius 3 is 2.77 bits per heavy atom. The molecule has 3 rings (SSSR count). The summed E-state index contributed by atoms with van der Waals surface area (Å²) < 4.78 is 33.9. The molecule has 1 aliphatic heterocycles. The van der Waals surface area contributed by atoms with Crippen LogP contribution in [0, 0.1) is 16.4 Å². The van der Waals surface area contributed by atoms with Crippen molar-refractivity contribution in [3.8, 4) is 5.75 Å². The third kappa shape index (κ3) is 3.02. The van der Waals surface area contributed by atoms with Crippen molar-refractivity contribution in [3.63, 3.8) is 0 Å². The first-order valence-electron chi connectivity index (χ1n) is 6.70. The highest BCUT2D eigenvalue weighted by Crippen LogP contribution is 2.37. The zero-order valence-corrected chi connectivity index (χ0v) is 13.3. The molecular formula is C14H16ClF2N3OS. The highest BCUT2D eigenvalue weighted by Gasteiger charge is 2.28. The summed E-state index contributed by atoms with van der Waals surface area (Å²) in [6.45, 7) is 0.618.